The number of methoxy groups -OCH3 is 1. The number of esters is 1. The predicted octanol–water partition coefficient (Wildman–Crippen LogP) is 2.94. The normalized spacial score (nSPS) is 11.0. The highest BCUT2D eigenvalue weighted by Crippen LogP contribution is 2.02. The molecule has 0 aliphatic rings. The van der Waals surface area contributed by atoms with E-state index in [4.69, 9.17) is 0 Å². The van der Waals surface area contributed by atoms with Gasteiger partial charge in [-0.25, -0.2) is 0 Å². The highest BCUT2D eigenvalue weighted by Gasteiger charge is 2.00. The molecule has 0 aromatic carbocycles. The third-order valence-corrected chi connectivity index (χ3v) is 2.88. The Hall–Kier alpha value is -0.530. The Kier molecular flexibility index (Phi) is 17.2. The summed E-state index contributed by atoms with van der Waals surface area (Å²) >= 11 is 0. The Bertz CT molecular complexity index is 284. The molecule has 0 unspecified atom stereocenters. The fourth-order valence-corrected chi connectivity index (χ4v) is 1.74. The van der Waals surface area contributed by atoms with Crippen molar-refractivity contribution in [3.8, 4) is 0 Å². The van der Waals surface area contributed by atoms with Crippen molar-refractivity contribution in [1.82, 2.24) is 10.6 Å². The molecule has 6 heteroatoms. The Labute approximate surface area is 146 Å². The number of rotatable bonds is 10. The van der Waals surface area contributed by atoms with Crippen LogP contribution < -0.4 is 10.6 Å². The molecule has 0 aromatic heterocycles. The summed E-state index contributed by atoms with van der Waals surface area (Å²) < 4.78 is 4.61. The number of nitrogens with one attached hydrogen (secondary N) is 2. The third-order valence-electron chi connectivity index (χ3n) is 2.88. The van der Waals surface area contributed by atoms with E-state index in [1.807, 2.05) is 0 Å². The molecule has 126 valence electrons. The molecular formula is C15H32IN3O2. The Balaban J connectivity index is 0. The fourth-order valence-electron chi connectivity index (χ4n) is 1.74. The van der Waals surface area contributed by atoms with Crippen LogP contribution in [0.25, 0.3) is 0 Å². The number of nitrogens with zero attached hydrogens (tertiary/aromatic N) is 1. The van der Waals surface area contributed by atoms with Gasteiger partial charge in [0.25, 0.3) is 0 Å². The number of halogens is 1. The summed E-state index contributed by atoms with van der Waals surface area (Å²) in [6.07, 6.45) is 4.59. The molecule has 2 N–H and O–H groups in total. The van der Waals surface area contributed by atoms with Crippen molar-refractivity contribution in [3.63, 3.8) is 0 Å². The second kappa shape index (κ2) is 15.9. The van der Waals surface area contributed by atoms with Crippen LogP contribution in [0.2, 0.25) is 0 Å². The van der Waals surface area contributed by atoms with Crippen molar-refractivity contribution >= 4 is 35.9 Å². The maximum absolute atomic E-state index is 11.0. The summed E-state index contributed by atoms with van der Waals surface area (Å²) in [6.45, 7) is 9.06. The van der Waals surface area contributed by atoms with Crippen LogP contribution in [0.3, 0.4) is 0 Å². The lowest BCUT2D eigenvalue weighted by atomic mass is 10.1. The topological polar surface area (TPSA) is 62.7 Å². The average Bonchev–Trinajstić information content (AvgIpc) is 2.42. The molecule has 0 rings (SSSR count). The van der Waals surface area contributed by atoms with Gasteiger partial charge in [0.05, 0.1) is 7.11 Å². The average molecular weight is 413 g/mol. The standard InChI is InChI=1S/C15H31N3O2.HI/c1-5-16-15(18-12-8-9-13(2)3)17-11-7-6-10-14(19)20-4;/h13H,5-12H2,1-4H3,(H2,16,17,18);1H. The van der Waals surface area contributed by atoms with Crippen molar-refractivity contribution in [3.05, 3.63) is 0 Å². The molecule has 21 heavy (non-hydrogen) atoms. The Morgan fingerprint density at radius 1 is 1.19 bits per heavy atom. The van der Waals surface area contributed by atoms with E-state index in [1.54, 1.807) is 0 Å². The maximum Gasteiger partial charge on any atom is 0.305 e. The van der Waals surface area contributed by atoms with Crippen molar-refractivity contribution in [1.29, 1.82) is 0 Å². The number of hydrogen-bond acceptors (Lipinski definition) is 3. The van der Waals surface area contributed by atoms with Gasteiger partial charge in [-0.1, -0.05) is 13.8 Å². The summed E-state index contributed by atoms with van der Waals surface area (Å²) in [7, 11) is 1.42. The van der Waals surface area contributed by atoms with Crippen LogP contribution in [-0.4, -0.2) is 38.7 Å². The van der Waals surface area contributed by atoms with Gasteiger partial charge in [-0.15, -0.1) is 24.0 Å². The molecular weight excluding hydrogens is 381 g/mol. The molecule has 0 amide bonds. The van der Waals surface area contributed by atoms with Crippen molar-refractivity contribution < 1.29 is 9.53 Å². The maximum atomic E-state index is 11.0. The fraction of sp³-hybridized carbons (Fsp3) is 0.867. The zero-order chi connectivity index (χ0) is 15.2. The van der Waals surface area contributed by atoms with Gasteiger partial charge < -0.3 is 15.4 Å². The van der Waals surface area contributed by atoms with Crippen molar-refractivity contribution in [2.45, 2.75) is 52.9 Å². The van der Waals surface area contributed by atoms with Gasteiger partial charge in [-0.05, 0) is 38.5 Å². The minimum atomic E-state index is -0.140. The summed E-state index contributed by atoms with van der Waals surface area (Å²) in [5, 5.41) is 6.52. The molecule has 0 saturated heterocycles. The number of hydrogen-bond donors (Lipinski definition) is 2. The molecule has 0 fully saturated rings. The zero-order valence-corrected chi connectivity index (χ0v) is 16.2. The lowest BCUT2D eigenvalue weighted by Gasteiger charge is -2.11. The molecule has 0 heterocycles. The summed E-state index contributed by atoms with van der Waals surface area (Å²) in [4.78, 5) is 15.5. The summed E-state index contributed by atoms with van der Waals surface area (Å²) in [5.74, 6) is 1.47. The van der Waals surface area contributed by atoms with Crippen LogP contribution in [0.15, 0.2) is 4.99 Å². The van der Waals surface area contributed by atoms with Crippen molar-refractivity contribution in [2.24, 2.45) is 10.9 Å². The SMILES string of the molecule is CCNC(=NCCCC(C)C)NCCCCC(=O)OC.I. The van der Waals surface area contributed by atoms with Gasteiger partial charge in [0.1, 0.15) is 0 Å². The quantitative estimate of drug-likeness (QED) is 0.190. The van der Waals surface area contributed by atoms with E-state index in [0.29, 0.717) is 6.42 Å². The number of aliphatic imine (C=N–C) groups is 1. The second-order valence-corrected chi connectivity index (χ2v) is 5.26. The van der Waals surface area contributed by atoms with Gasteiger partial charge >= 0.3 is 5.97 Å². The molecule has 0 aliphatic carbocycles. The highest BCUT2D eigenvalue weighted by atomic mass is 127. The van der Waals surface area contributed by atoms with E-state index in [-0.39, 0.29) is 29.9 Å². The molecule has 0 aromatic rings. The Morgan fingerprint density at radius 3 is 2.48 bits per heavy atom. The largest absolute Gasteiger partial charge is 0.469 e. The zero-order valence-electron chi connectivity index (χ0n) is 13.9. The second-order valence-electron chi connectivity index (χ2n) is 5.26. The van der Waals surface area contributed by atoms with Gasteiger partial charge in [0.15, 0.2) is 5.96 Å². The van der Waals surface area contributed by atoms with Crippen LogP contribution in [0.4, 0.5) is 0 Å². The van der Waals surface area contributed by atoms with Gasteiger partial charge in [0.2, 0.25) is 0 Å². The number of ether oxygens (including phenoxy) is 1. The smallest absolute Gasteiger partial charge is 0.305 e. The predicted molar refractivity (Wildman–Crippen MR) is 99.3 cm³/mol. The highest BCUT2D eigenvalue weighted by molar-refractivity contribution is 14.0. The molecule has 0 aliphatic heterocycles. The number of guanidine groups is 1. The lowest BCUT2D eigenvalue weighted by molar-refractivity contribution is -0.140. The first kappa shape index (κ1) is 22.7. The molecule has 0 radical (unpaired) electrons. The third kappa shape index (κ3) is 15.7. The van der Waals surface area contributed by atoms with E-state index in [1.165, 1.54) is 13.5 Å². The van der Waals surface area contributed by atoms with Crippen molar-refractivity contribution in [2.75, 3.05) is 26.7 Å². The summed E-state index contributed by atoms with van der Waals surface area (Å²) in [5.41, 5.74) is 0. The molecule has 0 bridgehead atoms. The van der Waals surface area contributed by atoms with Crippen LogP contribution in [-0.2, 0) is 9.53 Å². The Morgan fingerprint density at radius 2 is 1.90 bits per heavy atom. The van der Waals surface area contributed by atoms with Gasteiger partial charge in [0, 0.05) is 26.1 Å². The number of carbonyl (C=O) groups is 1. The molecule has 0 spiro atoms. The van der Waals surface area contributed by atoms with Gasteiger partial charge in [-0.2, -0.15) is 0 Å². The minimum absolute atomic E-state index is 0. The first-order valence-corrected chi connectivity index (χ1v) is 7.69. The van der Waals surface area contributed by atoms with Crippen LogP contribution in [0.1, 0.15) is 52.9 Å². The molecule has 0 saturated carbocycles. The minimum Gasteiger partial charge on any atom is -0.469 e. The first-order valence-electron chi connectivity index (χ1n) is 7.69. The summed E-state index contributed by atoms with van der Waals surface area (Å²) in [6, 6.07) is 0. The lowest BCUT2D eigenvalue weighted by Crippen LogP contribution is -2.37. The van der Waals surface area contributed by atoms with Gasteiger partial charge in [-0.3, -0.25) is 9.79 Å². The van der Waals surface area contributed by atoms with E-state index >= 15 is 0 Å². The van der Waals surface area contributed by atoms with Crippen LogP contribution in [0, 0.1) is 5.92 Å². The molecule has 5 nitrogen and oxygen atoms in total. The molecule has 0 atom stereocenters. The van der Waals surface area contributed by atoms with E-state index in [9.17, 15) is 4.79 Å². The first-order chi connectivity index (χ1) is 9.60. The number of unbranched alkanes of at least 4 members (excludes halogenated alkanes) is 1. The van der Waals surface area contributed by atoms with E-state index in [0.717, 1.165) is 50.8 Å². The van der Waals surface area contributed by atoms with Crippen LogP contribution in [0.5, 0.6) is 0 Å². The van der Waals surface area contributed by atoms with E-state index < -0.39 is 0 Å². The monoisotopic (exact) mass is 413 g/mol. The van der Waals surface area contributed by atoms with E-state index in [2.05, 4.69) is 41.1 Å². The van der Waals surface area contributed by atoms with Crippen LogP contribution >= 0.6 is 24.0 Å². The number of carbonyl (C=O) groups excluding carboxylic acids is 1.